The monoisotopic (exact) mass is 298 g/mol. The van der Waals surface area contributed by atoms with Gasteiger partial charge in [-0.1, -0.05) is 13.8 Å². The van der Waals surface area contributed by atoms with E-state index >= 15 is 0 Å². The van der Waals surface area contributed by atoms with Crippen LogP contribution in [0.5, 0.6) is 0 Å². The maximum Gasteiger partial charge on any atom is 0.0757 e. The minimum absolute atomic E-state index is 0.0670. The molecule has 3 unspecified atom stereocenters. The lowest BCUT2D eigenvalue weighted by Crippen LogP contribution is -2.61. The Bertz CT molecular complexity index is 346. The third-order valence-electron chi connectivity index (χ3n) is 4.83. The van der Waals surface area contributed by atoms with Gasteiger partial charge in [-0.15, -0.1) is 0 Å². The molecule has 2 rings (SSSR count). The minimum atomic E-state index is -0.0945. The van der Waals surface area contributed by atoms with Crippen LogP contribution in [-0.2, 0) is 4.74 Å². The van der Waals surface area contributed by atoms with Gasteiger partial charge in [0.2, 0.25) is 0 Å². The molecule has 1 aliphatic heterocycles. The van der Waals surface area contributed by atoms with E-state index in [1.54, 1.807) is 0 Å². The Hall–Kier alpha value is -0.160. The highest BCUT2D eigenvalue weighted by atomic mass is 16.5. The van der Waals surface area contributed by atoms with Crippen LogP contribution >= 0.6 is 0 Å². The molecule has 1 saturated heterocycles. The number of ether oxygens (including phenoxy) is 1. The first kappa shape index (κ1) is 17.2. The molecular formula is C17H34N2O2. The van der Waals surface area contributed by atoms with Gasteiger partial charge >= 0.3 is 0 Å². The summed E-state index contributed by atoms with van der Waals surface area (Å²) >= 11 is 0. The Kier molecular flexibility index (Phi) is 5.35. The lowest BCUT2D eigenvalue weighted by atomic mass is 9.78. The highest BCUT2D eigenvalue weighted by Crippen LogP contribution is 2.34. The lowest BCUT2D eigenvalue weighted by molar-refractivity contribution is -0.143. The molecule has 124 valence electrons. The van der Waals surface area contributed by atoms with Gasteiger partial charge in [-0.3, -0.25) is 4.90 Å². The molecule has 0 bridgehead atoms. The first-order valence-electron chi connectivity index (χ1n) is 8.56. The van der Waals surface area contributed by atoms with E-state index in [0.717, 1.165) is 25.9 Å². The number of hydrogen-bond donors (Lipinski definition) is 2. The molecule has 1 saturated carbocycles. The molecule has 4 heteroatoms. The fraction of sp³-hybridized carbons (Fsp3) is 1.00. The summed E-state index contributed by atoms with van der Waals surface area (Å²) in [7, 11) is 0. The minimum Gasteiger partial charge on any atom is -0.394 e. The maximum atomic E-state index is 9.96. The van der Waals surface area contributed by atoms with Crippen LogP contribution in [0.2, 0.25) is 0 Å². The first-order valence-corrected chi connectivity index (χ1v) is 8.56. The summed E-state index contributed by atoms with van der Waals surface area (Å²) in [5.74, 6) is 0. The molecule has 0 aromatic rings. The van der Waals surface area contributed by atoms with Crippen molar-refractivity contribution >= 4 is 0 Å². The maximum absolute atomic E-state index is 9.96. The molecular weight excluding hydrogens is 264 g/mol. The van der Waals surface area contributed by atoms with Crippen molar-refractivity contribution in [1.82, 2.24) is 10.2 Å². The molecule has 0 aromatic carbocycles. The first-order chi connectivity index (χ1) is 9.75. The van der Waals surface area contributed by atoms with Gasteiger partial charge < -0.3 is 15.2 Å². The second kappa shape index (κ2) is 6.53. The molecule has 1 heterocycles. The Morgan fingerprint density at radius 1 is 1.38 bits per heavy atom. The highest BCUT2D eigenvalue weighted by Gasteiger charge is 2.41. The zero-order valence-corrected chi connectivity index (χ0v) is 14.5. The third-order valence-corrected chi connectivity index (χ3v) is 4.83. The Balaban J connectivity index is 2.06. The molecule has 0 amide bonds. The standard InChI is InChI=1S/C17H34N2O2/c1-13(2)18-17(12-20)8-6-7-15(9-17)19-10-14(3)21-16(4,5)11-19/h13-15,18,20H,6-12H2,1-5H3. The smallest absolute Gasteiger partial charge is 0.0757 e. The van der Waals surface area contributed by atoms with Gasteiger partial charge in [-0.05, 0) is 46.5 Å². The van der Waals surface area contributed by atoms with Crippen molar-refractivity contribution in [3.05, 3.63) is 0 Å². The van der Waals surface area contributed by atoms with Crippen molar-refractivity contribution in [1.29, 1.82) is 0 Å². The SMILES string of the molecule is CC(C)NC1(CO)CCCC(N2CC(C)OC(C)(C)C2)C1. The number of nitrogens with zero attached hydrogens (tertiary/aromatic N) is 1. The fourth-order valence-corrected chi connectivity index (χ4v) is 4.36. The van der Waals surface area contributed by atoms with Crippen molar-refractivity contribution in [3.63, 3.8) is 0 Å². The van der Waals surface area contributed by atoms with E-state index in [4.69, 9.17) is 4.74 Å². The van der Waals surface area contributed by atoms with Gasteiger partial charge in [-0.2, -0.15) is 0 Å². The van der Waals surface area contributed by atoms with Crippen LogP contribution in [0.3, 0.4) is 0 Å². The van der Waals surface area contributed by atoms with E-state index in [2.05, 4.69) is 44.8 Å². The van der Waals surface area contributed by atoms with Crippen LogP contribution in [0.4, 0.5) is 0 Å². The van der Waals surface area contributed by atoms with Crippen molar-refractivity contribution < 1.29 is 9.84 Å². The Morgan fingerprint density at radius 3 is 2.67 bits per heavy atom. The van der Waals surface area contributed by atoms with Crippen LogP contribution in [-0.4, -0.2) is 59.0 Å². The van der Waals surface area contributed by atoms with Gasteiger partial charge in [0.25, 0.3) is 0 Å². The molecule has 4 nitrogen and oxygen atoms in total. The summed E-state index contributed by atoms with van der Waals surface area (Å²) in [5.41, 5.74) is -0.161. The van der Waals surface area contributed by atoms with Crippen molar-refractivity contribution in [2.45, 2.75) is 89.6 Å². The van der Waals surface area contributed by atoms with Crippen molar-refractivity contribution in [2.24, 2.45) is 0 Å². The molecule has 3 atom stereocenters. The summed E-state index contributed by atoms with van der Waals surface area (Å²) in [6, 6.07) is 0.971. The molecule has 2 aliphatic rings. The lowest BCUT2D eigenvalue weighted by Gasteiger charge is -2.50. The number of nitrogens with one attached hydrogen (secondary N) is 1. The number of morpholine rings is 1. The normalized spacial score (nSPS) is 37.9. The third kappa shape index (κ3) is 4.41. The molecule has 1 aliphatic carbocycles. The van der Waals surface area contributed by atoms with E-state index in [0.29, 0.717) is 12.1 Å². The zero-order valence-electron chi connectivity index (χ0n) is 14.5. The second-order valence-corrected chi connectivity index (χ2v) is 8.11. The topological polar surface area (TPSA) is 44.7 Å². The Morgan fingerprint density at radius 2 is 2.10 bits per heavy atom. The van der Waals surface area contributed by atoms with Gasteiger partial charge in [0.15, 0.2) is 0 Å². The number of aliphatic hydroxyl groups is 1. The molecule has 0 aromatic heterocycles. The van der Waals surface area contributed by atoms with E-state index in [-0.39, 0.29) is 23.9 Å². The average Bonchev–Trinajstić information content (AvgIpc) is 2.36. The largest absolute Gasteiger partial charge is 0.394 e. The van der Waals surface area contributed by atoms with Crippen molar-refractivity contribution in [2.75, 3.05) is 19.7 Å². The Labute approximate surface area is 130 Å². The van der Waals surface area contributed by atoms with E-state index in [9.17, 15) is 5.11 Å². The average molecular weight is 298 g/mol. The quantitative estimate of drug-likeness (QED) is 0.835. The van der Waals surface area contributed by atoms with E-state index in [1.807, 2.05) is 0 Å². The molecule has 21 heavy (non-hydrogen) atoms. The number of aliphatic hydroxyl groups excluding tert-OH is 1. The van der Waals surface area contributed by atoms with Crippen LogP contribution in [0.15, 0.2) is 0 Å². The number of rotatable bonds is 4. The van der Waals surface area contributed by atoms with Crippen LogP contribution in [0.25, 0.3) is 0 Å². The van der Waals surface area contributed by atoms with Gasteiger partial charge in [-0.25, -0.2) is 0 Å². The summed E-state index contributed by atoms with van der Waals surface area (Å²) in [6.07, 6.45) is 4.85. The van der Waals surface area contributed by atoms with Gasteiger partial charge in [0.05, 0.1) is 18.3 Å². The number of hydrogen-bond acceptors (Lipinski definition) is 4. The predicted molar refractivity (Wildman–Crippen MR) is 86.5 cm³/mol. The molecule has 2 fully saturated rings. The summed E-state index contributed by atoms with van der Waals surface area (Å²) in [6.45, 7) is 13.1. The van der Waals surface area contributed by atoms with Crippen LogP contribution in [0.1, 0.15) is 60.3 Å². The van der Waals surface area contributed by atoms with Crippen molar-refractivity contribution in [3.8, 4) is 0 Å². The molecule has 2 N–H and O–H groups in total. The zero-order chi connectivity index (χ0) is 15.7. The summed E-state index contributed by atoms with van der Waals surface area (Å²) in [5, 5.41) is 13.6. The van der Waals surface area contributed by atoms with Crippen LogP contribution in [0, 0.1) is 0 Å². The fourth-order valence-electron chi connectivity index (χ4n) is 4.36. The summed E-state index contributed by atoms with van der Waals surface area (Å²) < 4.78 is 6.03. The predicted octanol–water partition coefficient (Wildman–Crippen LogP) is 2.16. The van der Waals surface area contributed by atoms with Crippen LogP contribution < -0.4 is 5.32 Å². The van der Waals surface area contributed by atoms with Gasteiger partial charge in [0, 0.05) is 30.7 Å². The van der Waals surface area contributed by atoms with E-state index in [1.165, 1.54) is 12.8 Å². The molecule has 0 radical (unpaired) electrons. The van der Waals surface area contributed by atoms with Gasteiger partial charge in [0.1, 0.15) is 0 Å². The highest BCUT2D eigenvalue weighted by molar-refractivity contribution is 4.99. The second-order valence-electron chi connectivity index (χ2n) is 8.11. The van der Waals surface area contributed by atoms with E-state index < -0.39 is 0 Å². The molecule has 0 spiro atoms. The summed E-state index contributed by atoms with van der Waals surface area (Å²) in [4.78, 5) is 2.60.